The molecule has 0 bridgehead atoms. The van der Waals surface area contributed by atoms with Crippen LogP contribution in [0.4, 0.5) is 10.5 Å². The molecular weight excluding hydrogens is 554 g/mol. The Morgan fingerprint density at radius 1 is 1.02 bits per heavy atom. The number of nitrogens with one attached hydrogen (secondary N) is 2. The molecule has 3 aromatic heterocycles. The summed E-state index contributed by atoms with van der Waals surface area (Å²) in [5.74, 6) is -1.43. The fourth-order valence-corrected chi connectivity index (χ4v) is 4.27. The number of nitrogens with zero attached hydrogens (tertiary/aromatic N) is 5. The predicted molar refractivity (Wildman–Crippen MR) is 156 cm³/mol. The second-order valence-corrected chi connectivity index (χ2v) is 10.7. The topological polar surface area (TPSA) is 171 Å². The van der Waals surface area contributed by atoms with Gasteiger partial charge in [-0.1, -0.05) is 50.2 Å². The molecule has 4 aromatic rings. The summed E-state index contributed by atoms with van der Waals surface area (Å²) >= 11 is 0. The molecule has 0 saturated carbocycles. The van der Waals surface area contributed by atoms with E-state index in [-0.39, 0.29) is 29.2 Å². The number of hydrogen-bond donors (Lipinski definition) is 2. The van der Waals surface area contributed by atoms with Crippen LogP contribution in [-0.4, -0.2) is 55.7 Å². The number of ketones is 1. The highest BCUT2D eigenvalue weighted by Gasteiger charge is 2.34. The van der Waals surface area contributed by atoms with Crippen LogP contribution in [0.5, 0.6) is 0 Å². The first kappa shape index (κ1) is 30.8. The Bertz CT molecular complexity index is 1680. The molecule has 13 nitrogen and oxygen atoms in total. The highest BCUT2D eigenvalue weighted by atomic mass is 16.5. The van der Waals surface area contributed by atoms with E-state index < -0.39 is 41.3 Å². The maximum atomic E-state index is 13.5. The van der Waals surface area contributed by atoms with E-state index in [1.807, 2.05) is 32.9 Å². The minimum atomic E-state index is -1.04. The van der Waals surface area contributed by atoms with Gasteiger partial charge in [-0.2, -0.15) is 0 Å². The standard InChI is InChI=1S/C30H33N7O6/c1-17(2)23(24(39)26-35-36-28(43-26)30(4,5)20-13-12-18(3)31-14-20)34-22(38)16-37-25(19-10-8-7-9-11-19)32-15-21(27(37)40)33-29(41)42-6/h7-15,17,23H,16H2,1-6H3,(H,33,41)(H,34,38). The van der Waals surface area contributed by atoms with E-state index >= 15 is 0 Å². The number of rotatable bonds is 10. The molecule has 0 aliphatic carbocycles. The molecule has 0 spiro atoms. The van der Waals surface area contributed by atoms with Crippen molar-refractivity contribution in [1.82, 2.24) is 30.0 Å². The summed E-state index contributed by atoms with van der Waals surface area (Å²) in [7, 11) is 1.16. The molecule has 1 aromatic carbocycles. The van der Waals surface area contributed by atoms with Gasteiger partial charge in [-0.05, 0) is 38.3 Å². The van der Waals surface area contributed by atoms with Gasteiger partial charge in [0, 0.05) is 17.5 Å². The second kappa shape index (κ2) is 12.8. The molecule has 13 heteroatoms. The molecule has 0 aliphatic rings. The largest absolute Gasteiger partial charge is 0.453 e. The average Bonchev–Trinajstić information content (AvgIpc) is 3.50. The van der Waals surface area contributed by atoms with E-state index in [0.29, 0.717) is 5.56 Å². The highest BCUT2D eigenvalue weighted by molar-refractivity contribution is 5.98. The lowest BCUT2D eigenvalue weighted by molar-refractivity contribution is -0.122. The number of carbonyl (C=O) groups is 3. The van der Waals surface area contributed by atoms with Gasteiger partial charge >= 0.3 is 6.09 Å². The number of amides is 2. The molecule has 2 amide bonds. The summed E-state index contributed by atoms with van der Waals surface area (Å²) in [5.41, 5.74) is 0.659. The molecule has 1 atom stereocenters. The first-order valence-corrected chi connectivity index (χ1v) is 13.5. The van der Waals surface area contributed by atoms with Crippen LogP contribution in [0.25, 0.3) is 11.4 Å². The Balaban J connectivity index is 1.59. The van der Waals surface area contributed by atoms with E-state index in [0.717, 1.165) is 22.9 Å². The van der Waals surface area contributed by atoms with Crippen molar-refractivity contribution >= 4 is 23.5 Å². The molecule has 0 aliphatic heterocycles. The smallest absolute Gasteiger partial charge is 0.411 e. The fraction of sp³-hybridized carbons (Fsp3) is 0.333. The lowest BCUT2D eigenvalue weighted by Gasteiger charge is -2.21. The van der Waals surface area contributed by atoms with Gasteiger partial charge < -0.3 is 14.5 Å². The molecule has 0 saturated heterocycles. The van der Waals surface area contributed by atoms with Gasteiger partial charge in [-0.25, -0.2) is 9.78 Å². The number of anilines is 1. The Morgan fingerprint density at radius 3 is 2.37 bits per heavy atom. The van der Waals surface area contributed by atoms with Gasteiger partial charge in [-0.15, -0.1) is 10.2 Å². The second-order valence-electron chi connectivity index (χ2n) is 10.7. The third-order valence-electron chi connectivity index (χ3n) is 6.87. The SMILES string of the molecule is COC(=O)Nc1cnc(-c2ccccc2)n(CC(=O)NC(C(=O)c2nnc(C(C)(C)c3ccc(C)nc3)o2)C(C)C)c1=O. The molecule has 4 rings (SSSR count). The number of hydrogen-bond acceptors (Lipinski definition) is 10. The molecule has 3 heterocycles. The third-order valence-corrected chi connectivity index (χ3v) is 6.87. The number of Topliss-reactive ketones (excluding diaryl/α,β-unsaturated/α-hetero) is 1. The van der Waals surface area contributed by atoms with Crippen LogP contribution >= 0.6 is 0 Å². The van der Waals surface area contributed by atoms with Crippen molar-refractivity contribution in [1.29, 1.82) is 0 Å². The monoisotopic (exact) mass is 587 g/mol. The normalized spacial score (nSPS) is 12.1. The van der Waals surface area contributed by atoms with E-state index in [1.54, 1.807) is 50.4 Å². The number of pyridine rings is 1. The number of ether oxygens (including phenoxy) is 1. The minimum Gasteiger partial charge on any atom is -0.453 e. The van der Waals surface area contributed by atoms with Gasteiger partial charge in [-0.3, -0.25) is 29.3 Å². The van der Waals surface area contributed by atoms with Crippen LogP contribution in [-0.2, 0) is 21.5 Å². The number of aromatic nitrogens is 5. The van der Waals surface area contributed by atoms with Crippen LogP contribution in [0, 0.1) is 12.8 Å². The lowest BCUT2D eigenvalue weighted by atomic mass is 9.85. The zero-order chi connectivity index (χ0) is 31.3. The zero-order valence-electron chi connectivity index (χ0n) is 24.7. The first-order chi connectivity index (χ1) is 20.4. The van der Waals surface area contributed by atoms with Crippen molar-refractivity contribution in [2.45, 2.75) is 52.6 Å². The number of aryl methyl sites for hydroxylation is 1. The van der Waals surface area contributed by atoms with Crippen molar-refractivity contribution in [3.05, 3.63) is 88.3 Å². The number of benzene rings is 1. The Labute approximate surface area is 247 Å². The van der Waals surface area contributed by atoms with Crippen molar-refractivity contribution in [2.75, 3.05) is 12.4 Å². The molecule has 0 radical (unpaired) electrons. The lowest BCUT2D eigenvalue weighted by Crippen LogP contribution is -2.46. The summed E-state index contributed by atoms with van der Waals surface area (Å²) < 4.78 is 11.5. The Morgan fingerprint density at radius 2 is 1.74 bits per heavy atom. The number of methoxy groups -OCH3 is 1. The summed E-state index contributed by atoms with van der Waals surface area (Å²) in [4.78, 5) is 60.5. The fourth-order valence-electron chi connectivity index (χ4n) is 4.27. The van der Waals surface area contributed by atoms with Gasteiger partial charge in [0.05, 0.1) is 24.8 Å². The highest BCUT2D eigenvalue weighted by Crippen LogP contribution is 2.30. The van der Waals surface area contributed by atoms with Gasteiger partial charge in [0.25, 0.3) is 11.4 Å². The molecule has 43 heavy (non-hydrogen) atoms. The molecule has 1 unspecified atom stereocenters. The van der Waals surface area contributed by atoms with Crippen LogP contribution in [0.15, 0.2) is 64.1 Å². The third kappa shape index (κ3) is 6.83. The van der Waals surface area contributed by atoms with Gasteiger partial charge in [0.2, 0.25) is 17.6 Å². The van der Waals surface area contributed by atoms with E-state index in [2.05, 4.69) is 35.5 Å². The maximum absolute atomic E-state index is 13.5. The minimum absolute atomic E-state index is 0.180. The quantitative estimate of drug-likeness (QED) is 0.262. The Hall–Kier alpha value is -5.20. The predicted octanol–water partition coefficient (Wildman–Crippen LogP) is 3.52. The molecule has 2 N–H and O–H groups in total. The zero-order valence-corrected chi connectivity index (χ0v) is 24.7. The first-order valence-electron chi connectivity index (χ1n) is 13.5. The van der Waals surface area contributed by atoms with Crippen molar-refractivity contribution in [3.8, 4) is 11.4 Å². The van der Waals surface area contributed by atoms with Gasteiger partial charge in [0.1, 0.15) is 18.1 Å². The summed E-state index contributed by atoms with van der Waals surface area (Å²) in [6.07, 6.45) is 2.04. The summed E-state index contributed by atoms with van der Waals surface area (Å²) in [6.45, 7) is 8.65. The van der Waals surface area contributed by atoms with E-state index in [4.69, 9.17) is 4.42 Å². The van der Waals surface area contributed by atoms with Crippen molar-refractivity contribution < 1.29 is 23.5 Å². The Kier molecular flexibility index (Phi) is 9.12. The maximum Gasteiger partial charge on any atom is 0.411 e. The van der Waals surface area contributed by atoms with Crippen LogP contribution in [0.2, 0.25) is 0 Å². The molecular formula is C30H33N7O6. The van der Waals surface area contributed by atoms with Crippen molar-refractivity contribution in [2.24, 2.45) is 5.92 Å². The van der Waals surface area contributed by atoms with Crippen LogP contribution < -0.4 is 16.2 Å². The van der Waals surface area contributed by atoms with E-state index in [9.17, 15) is 19.2 Å². The van der Waals surface area contributed by atoms with Crippen LogP contribution in [0.1, 0.15) is 55.5 Å². The number of carbonyl (C=O) groups excluding carboxylic acids is 3. The molecule has 224 valence electrons. The summed E-state index contributed by atoms with van der Waals surface area (Å²) in [6, 6.07) is 11.5. The van der Waals surface area contributed by atoms with Crippen LogP contribution in [0.3, 0.4) is 0 Å². The molecule has 0 fully saturated rings. The van der Waals surface area contributed by atoms with E-state index in [1.165, 1.54) is 6.20 Å². The summed E-state index contributed by atoms with van der Waals surface area (Å²) in [5, 5.41) is 13.1. The average molecular weight is 588 g/mol. The van der Waals surface area contributed by atoms with Crippen molar-refractivity contribution in [3.63, 3.8) is 0 Å². The van der Waals surface area contributed by atoms with Gasteiger partial charge in [0.15, 0.2) is 0 Å².